The minimum absolute atomic E-state index is 0.0144. The van der Waals surface area contributed by atoms with Gasteiger partial charge in [0.25, 0.3) is 11.8 Å². The van der Waals surface area contributed by atoms with E-state index in [1.807, 2.05) is 6.08 Å². The molecule has 3 aliphatic carbocycles. The Morgan fingerprint density at radius 2 is 1.75 bits per heavy atom. The zero-order chi connectivity index (χ0) is 28.1. The van der Waals surface area contributed by atoms with Crippen LogP contribution in [0.5, 0.6) is 11.5 Å². The van der Waals surface area contributed by atoms with Crippen LogP contribution in [0.1, 0.15) is 50.5 Å². The molecule has 0 radical (unpaired) electrons. The summed E-state index contributed by atoms with van der Waals surface area (Å²) in [6.07, 6.45) is 8.83. The minimum atomic E-state index is -1.84. The number of aromatic hydroxyl groups is 1. The summed E-state index contributed by atoms with van der Waals surface area (Å²) in [4.78, 5) is 53.9. The van der Waals surface area contributed by atoms with Crippen molar-refractivity contribution in [1.29, 1.82) is 0 Å². The fourth-order valence-electron chi connectivity index (χ4n) is 8.28. The number of benzene rings is 1. The SMILES string of the molecule is CN1C(=O)C2(Cl)CC3C(=CCC4C(=O)N(C5CCCCC5)C(=O)C43)C(C3=COc4ccc(O)cc4C3)C2(Cl)C1=O. The number of phenols is 1. The molecule has 0 aromatic heterocycles. The predicted octanol–water partition coefficient (Wildman–Crippen LogP) is 4.06. The number of allylic oxidation sites excluding steroid dienone is 3. The Bertz CT molecular complexity index is 1430. The third kappa shape index (κ3) is 3.26. The second kappa shape index (κ2) is 8.83. The summed E-state index contributed by atoms with van der Waals surface area (Å²) in [5.41, 5.74) is 2.09. The molecule has 40 heavy (non-hydrogen) atoms. The van der Waals surface area contributed by atoms with Gasteiger partial charge in [0.1, 0.15) is 11.5 Å². The van der Waals surface area contributed by atoms with Crippen LogP contribution >= 0.6 is 23.2 Å². The third-order valence-electron chi connectivity index (χ3n) is 10.1. The van der Waals surface area contributed by atoms with Gasteiger partial charge in [0.05, 0.1) is 18.1 Å². The van der Waals surface area contributed by atoms with E-state index >= 15 is 0 Å². The summed E-state index contributed by atoms with van der Waals surface area (Å²) in [5.74, 6) is -3.46. The molecule has 4 amide bonds. The number of likely N-dealkylation sites (tertiary alicyclic amines) is 2. The molecule has 1 aromatic carbocycles. The maximum absolute atomic E-state index is 14.0. The average molecular weight is 585 g/mol. The highest BCUT2D eigenvalue weighted by atomic mass is 35.5. The molecular formula is C30H30Cl2N2O6. The molecule has 1 aromatic rings. The van der Waals surface area contributed by atoms with Gasteiger partial charge in [-0.25, -0.2) is 0 Å². The van der Waals surface area contributed by atoms with E-state index < -0.39 is 45.2 Å². The molecule has 4 fully saturated rings. The number of carbonyl (C=O) groups is 4. The van der Waals surface area contributed by atoms with Crippen molar-refractivity contribution in [2.75, 3.05) is 7.05 Å². The number of hydrogen-bond donors (Lipinski definition) is 1. The van der Waals surface area contributed by atoms with Crippen LogP contribution in [-0.2, 0) is 25.6 Å². The van der Waals surface area contributed by atoms with Crippen LogP contribution in [0.25, 0.3) is 0 Å². The van der Waals surface area contributed by atoms with Gasteiger partial charge in [-0.3, -0.25) is 29.0 Å². The van der Waals surface area contributed by atoms with E-state index in [-0.39, 0.29) is 30.0 Å². The Morgan fingerprint density at radius 1 is 1.00 bits per heavy atom. The Kier molecular flexibility index (Phi) is 5.76. The molecule has 6 atom stereocenters. The molecule has 210 valence electrons. The van der Waals surface area contributed by atoms with Crippen molar-refractivity contribution in [1.82, 2.24) is 9.80 Å². The zero-order valence-electron chi connectivity index (χ0n) is 22.1. The van der Waals surface area contributed by atoms with Crippen molar-refractivity contribution < 1.29 is 29.0 Å². The Balaban J connectivity index is 1.34. The summed E-state index contributed by atoms with van der Waals surface area (Å²) in [5, 5.41) is 10.1. The van der Waals surface area contributed by atoms with Crippen molar-refractivity contribution in [3.05, 3.63) is 47.2 Å². The van der Waals surface area contributed by atoms with Gasteiger partial charge in [0.15, 0.2) is 9.75 Å². The van der Waals surface area contributed by atoms with E-state index in [0.29, 0.717) is 29.7 Å². The quantitative estimate of drug-likeness (QED) is 0.319. The van der Waals surface area contributed by atoms with Crippen LogP contribution in [0.3, 0.4) is 0 Å². The summed E-state index contributed by atoms with van der Waals surface area (Å²) in [6, 6.07) is 4.69. The summed E-state index contributed by atoms with van der Waals surface area (Å²) in [7, 11) is 1.38. The number of hydrogen-bond acceptors (Lipinski definition) is 6. The Morgan fingerprint density at radius 3 is 2.50 bits per heavy atom. The van der Waals surface area contributed by atoms with E-state index in [0.717, 1.165) is 42.6 Å². The highest BCUT2D eigenvalue weighted by Gasteiger charge is 2.76. The van der Waals surface area contributed by atoms with Gasteiger partial charge in [-0.1, -0.05) is 30.9 Å². The monoisotopic (exact) mass is 584 g/mol. The lowest BCUT2D eigenvalue weighted by Gasteiger charge is -2.51. The molecule has 0 spiro atoms. The van der Waals surface area contributed by atoms with Crippen LogP contribution in [0, 0.1) is 23.7 Å². The number of ether oxygens (including phenoxy) is 1. The second-order valence-electron chi connectivity index (χ2n) is 12.1. The molecule has 3 aliphatic heterocycles. The molecule has 6 unspecified atom stereocenters. The first-order valence-electron chi connectivity index (χ1n) is 14.0. The van der Waals surface area contributed by atoms with Crippen LogP contribution in [0.2, 0.25) is 0 Å². The van der Waals surface area contributed by atoms with E-state index in [1.54, 1.807) is 18.4 Å². The number of fused-ring (bicyclic) bond motifs is 5. The molecule has 2 saturated carbocycles. The molecule has 7 rings (SSSR count). The second-order valence-corrected chi connectivity index (χ2v) is 13.4. The fourth-order valence-corrected chi connectivity index (χ4v) is 9.31. The number of carbonyl (C=O) groups excluding carboxylic acids is 4. The summed E-state index contributed by atoms with van der Waals surface area (Å²) >= 11 is 14.5. The van der Waals surface area contributed by atoms with E-state index in [1.165, 1.54) is 18.0 Å². The molecule has 10 heteroatoms. The number of imide groups is 2. The number of amides is 4. The first-order chi connectivity index (χ1) is 19.1. The van der Waals surface area contributed by atoms with Crippen molar-refractivity contribution in [3.8, 4) is 11.5 Å². The molecule has 1 N–H and O–H groups in total. The van der Waals surface area contributed by atoms with E-state index in [2.05, 4.69) is 0 Å². The summed E-state index contributed by atoms with van der Waals surface area (Å²) in [6.45, 7) is 0. The van der Waals surface area contributed by atoms with Gasteiger partial charge in [-0.15, -0.1) is 23.2 Å². The zero-order valence-corrected chi connectivity index (χ0v) is 23.6. The van der Waals surface area contributed by atoms with E-state index in [4.69, 9.17) is 27.9 Å². The smallest absolute Gasteiger partial charge is 0.253 e. The molecule has 8 nitrogen and oxygen atoms in total. The number of alkyl halides is 2. The largest absolute Gasteiger partial charge is 0.508 e. The van der Waals surface area contributed by atoms with Gasteiger partial charge < -0.3 is 9.84 Å². The highest BCUT2D eigenvalue weighted by molar-refractivity contribution is 6.53. The first-order valence-corrected chi connectivity index (χ1v) is 14.8. The molecule has 0 bridgehead atoms. The predicted molar refractivity (Wildman–Crippen MR) is 145 cm³/mol. The number of halogens is 2. The molecule has 3 heterocycles. The number of rotatable bonds is 2. The van der Waals surface area contributed by atoms with Gasteiger partial charge >= 0.3 is 0 Å². The Labute approximate surface area is 241 Å². The van der Waals surface area contributed by atoms with Crippen LogP contribution < -0.4 is 4.74 Å². The van der Waals surface area contributed by atoms with Crippen molar-refractivity contribution in [2.45, 2.75) is 67.2 Å². The van der Waals surface area contributed by atoms with Gasteiger partial charge in [0.2, 0.25) is 11.8 Å². The lowest BCUT2D eigenvalue weighted by molar-refractivity contribution is -0.144. The maximum Gasteiger partial charge on any atom is 0.253 e. The lowest BCUT2D eigenvalue weighted by atomic mass is 9.56. The van der Waals surface area contributed by atoms with Crippen molar-refractivity contribution in [3.63, 3.8) is 0 Å². The molecule has 6 aliphatic rings. The maximum atomic E-state index is 14.0. The third-order valence-corrected chi connectivity index (χ3v) is 11.5. The van der Waals surface area contributed by atoms with Crippen LogP contribution in [-0.4, -0.2) is 61.4 Å². The van der Waals surface area contributed by atoms with Gasteiger partial charge in [0, 0.05) is 31.0 Å². The van der Waals surface area contributed by atoms with Crippen LogP contribution in [0.4, 0.5) is 0 Å². The van der Waals surface area contributed by atoms with Crippen molar-refractivity contribution in [2.24, 2.45) is 23.7 Å². The summed E-state index contributed by atoms with van der Waals surface area (Å²) < 4.78 is 5.92. The lowest BCUT2D eigenvalue weighted by Crippen LogP contribution is -2.61. The number of phenolic OH excluding ortho intramolecular Hbond substituents is 1. The minimum Gasteiger partial charge on any atom is -0.508 e. The fraction of sp³-hybridized carbons (Fsp3) is 0.533. The first kappa shape index (κ1) is 26.1. The normalized spacial score (nSPS) is 37.4. The van der Waals surface area contributed by atoms with Gasteiger partial charge in [-0.05, 0) is 55.4 Å². The number of nitrogens with zero attached hydrogens (tertiary/aromatic N) is 2. The van der Waals surface area contributed by atoms with Crippen molar-refractivity contribution >= 4 is 46.8 Å². The molecular weight excluding hydrogens is 555 g/mol. The average Bonchev–Trinajstić information content (AvgIpc) is 3.28. The van der Waals surface area contributed by atoms with Crippen LogP contribution in [0.15, 0.2) is 41.7 Å². The van der Waals surface area contributed by atoms with Gasteiger partial charge in [-0.2, -0.15) is 0 Å². The van der Waals surface area contributed by atoms with E-state index in [9.17, 15) is 24.3 Å². The Hall–Kier alpha value is -2.84. The standard InChI is InChI=1S/C30H30Cl2N2O6/c1-33-27(38)29(31)13-21-19(8-9-20-23(21)26(37)34(25(20)36)17-5-3-2-4-6-17)24(30(29,32)28(33)39)16-11-15-12-18(35)7-10-22(15)40-14-16/h7-8,10,12,14,17,20-21,23-24,35H,2-6,9,11,13H2,1H3. The highest BCUT2D eigenvalue weighted by Crippen LogP contribution is 2.64. The topological polar surface area (TPSA) is 104 Å². The molecule has 2 saturated heterocycles.